The first-order valence-electron chi connectivity index (χ1n) is 8.24. The van der Waals surface area contributed by atoms with E-state index in [1.807, 2.05) is 24.3 Å². The van der Waals surface area contributed by atoms with Crippen molar-refractivity contribution in [1.82, 2.24) is 15.5 Å². The summed E-state index contributed by atoms with van der Waals surface area (Å²) in [5.74, 6) is -0.576. The SMILES string of the molecule is C[C@H](NC(=O)c1ccccc1Cl)C(=O)OCc1nc(-c2cccc(Br)c2)no1. The summed E-state index contributed by atoms with van der Waals surface area (Å²) in [6.45, 7) is 1.31. The Balaban J connectivity index is 1.55. The molecule has 1 amide bonds. The molecule has 0 unspecified atom stereocenters. The molecular formula is C19H15BrClN3O4. The number of carbonyl (C=O) groups excluding carboxylic acids is 2. The molecule has 9 heteroatoms. The van der Waals surface area contributed by atoms with Crippen LogP contribution in [0.2, 0.25) is 5.02 Å². The number of esters is 1. The van der Waals surface area contributed by atoms with Crippen molar-refractivity contribution in [2.45, 2.75) is 19.6 Å². The number of carbonyl (C=O) groups is 2. The number of ether oxygens (including phenoxy) is 1. The summed E-state index contributed by atoms with van der Waals surface area (Å²) in [7, 11) is 0. The van der Waals surface area contributed by atoms with E-state index in [1.54, 1.807) is 24.3 Å². The Morgan fingerprint density at radius 3 is 2.79 bits per heavy atom. The lowest BCUT2D eigenvalue weighted by atomic mass is 10.2. The second kappa shape index (κ2) is 8.99. The minimum Gasteiger partial charge on any atom is -0.454 e. The highest BCUT2D eigenvalue weighted by molar-refractivity contribution is 9.10. The predicted molar refractivity (Wildman–Crippen MR) is 106 cm³/mol. The van der Waals surface area contributed by atoms with Gasteiger partial charge in [0.15, 0.2) is 6.61 Å². The molecule has 0 fully saturated rings. The highest BCUT2D eigenvalue weighted by Crippen LogP contribution is 2.20. The molecular weight excluding hydrogens is 450 g/mol. The summed E-state index contributed by atoms with van der Waals surface area (Å²) in [4.78, 5) is 28.5. The van der Waals surface area contributed by atoms with E-state index in [1.165, 1.54) is 6.92 Å². The monoisotopic (exact) mass is 463 g/mol. The largest absolute Gasteiger partial charge is 0.454 e. The van der Waals surface area contributed by atoms with E-state index in [0.29, 0.717) is 10.8 Å². The van der Waals surface area contributed by atoms with Crippen molar-refractivity contribution in [2.24, 2.45) is 0 Å². The third-order valence-corrected chi connectivity index (χ3v) is 4.53. The van der Waals surface area contributed by atoms with Gasteiger partial charge in [-0.1, -0.05) is 57.0 Å². The van der Waals surface area contributed by atoms with Crippen LogP contribution in [0.3, 0.4) is 0 Å². The number of aromatic nitrogens is 2. The Bertz CT molecular complexity index is 1010. The molecule has 28 heavy (non-hydrogen) atoms. The molecule has 0 aliphatic carbocycles. The van der Waals surface area contributed by atoms with Crippen LogP contribution in [0.15, 0.2) is 57.5 Å². The predicted octanol–water partition coefficient (Wildman–Crippen LogP) is 4.01. The first kappa shape index (κ1) is 20.0. The summed E-state index contributed by atoms with van der Waals surface area (Å²) in [6, 6.07) is 13.1. The molecule has 0 aliphatic rings. The number of benzene rings is 2. The Morgan fingerprint density at radius 2 is 2.04 bits per heavy atom. The number of hydrogen-bond donors (Lipinski definition) is 1. The van der Waals surface area contributed by atoms with Gasteiger partial charge in [0.05, 0.1) is 10.6 Å². The normalized spacial score (nSPS) is 11.7. The second-order valence-electron chi connectivity index (χ2n) is 5.80. The minimum absolute atomic E-state index is 0.146. The van der Waals surface area contributed by atoms with E-state index >= 15 is 0 Å². The van der Waals surface area contributed by atoms with Crippen molar-refractivity contribution in [2.75, 3.05) is 0 Å². The summed E-state index contributed by atoms with van der Waals surface area (Å²) >= 11 is 9.35. The molecule has 3 aromatic rings. The first-order valence-corrected chi connectivity index (χ1v) is 9.41. The lowest BCUT2D eigenvalue weighted by Crippen LogP contribution is -2.39. The van der Waals surface area contributed by atoms with E-state index in [0.717, 1.165) is 10.0 Å². The van der Waals surface area contributed by atoms with Crippen LogP contribution >= 0.6 is 27.5 Å². The highest BCUT2D eigenvalue weighted by atomic mass is 79.9. The molecule has 0 saturated carbocycles. The molecule has 1 atom stereocenters. The van der Waals surface area contributed by atoms with Gasteiger partial charge in [0, 0.05) is 10.0 Å². The van der Waals surface area contributed by atoms with Gasteiger partial charge < -0.3 is 14.6 Å². The Labute approximate surface area is 174 Å². The maximum atomic E-state index is 12.2. The quantitative estimate of drug-likeness (QED) is 0.554. The van der Waals surface area contributed by atoms with Crippen molar-refractivity contribution in [3.05, 3.63) is 69.5 Å². The van der Waals surface area contributed by atoms with Gasteiger partial charge in [-0.05, 0) is 31.2 Å². The number of halogens is 2. The van der Waals surface area contributed by atoms with E-state index < -0.39 is 17.9 Å². The van der Waals surface area contributed by atoms with E-state index in [4.69, 9.17) is 20.9 Å². The maximum absolute atomic E-state index is 12.2. The van der Waals surface area contributed by atoms with Crippen LogP contribution in [-0.4, -0.2) is 28.1 Å². The number of hydrogen-bond acceptors (Lipinski definition) is 6. The summed E-state index contributed by atoms with van der Waals surface area (Å²) in [6.07, 6.45) is 0. The zero-order chi connectivity index (χ0) is 20.1. The Morgan fingerprint density at radius 1 is 1.25 bits per heavy atom. The van der Waals surface area contributed by atoms with Gasteiger partial charge >= 0.3 is 5.97 Å². The topological polar surface area (TPSA) is 94.3 Å². The fourth-order valence-electron chi connectivity index (χ4n) is 2.29. The van der Waals surface area contributed by atoms with Crippen LogP contribution in [-0.2, 0) is 16.1 Å². The third kappa shape index (κ3) is 4.96. The fourth-order valence-corrected chi connectivity index (χ4v) is 2.92. The molecule has 3 rings (SSSR count). The van der Waals surface area contributed by atoms with Crippen LogP contribution < -0.4 is 5.32 Å². The lowest BCUT2D eigenvalue weighted by molar-refractivity contribution is -0.147. The lowest BCUT2D eigenvalue weighted by Gasteiger charge is -2.13. The highest BCUT2D eigenvalue weighted by Gasteiger charge is 2.20. The number of nitrogens with zero attached hydrogens (tertiary/aromatic N) is 2. The first-order chi connectivity index (χ1) is 13.4. The summed E-state index contributed by atoms with van der Waals surface area (Å²) in [5, 5.41) is 6.70. The van der Waals surface area contributed by atoms with Gasteiger partial charge in [-0.15, -0.1) is 0 Å². The molecule has 0 saturated heterocycles. The van der Waals surface area contributed by atoms with Gasteiger partial charge in [-0.2, -0.15) is 4.98 Å². The van der Waals surface area contributed by atoms with Gasteiger partial charge in [-0.25, -0.2) is 4.79 Å². The average Bonchev–Trinajstić information content (AvgIpc) is 3.15. The Hall–Kier alpha value is -2.71. The zero-order valence-corrected chi connectivity index (χ0v) is 17.0. The molecule has 0 bridgehead atoms. The number of nitrogens with one attached hydrogen (secondary N) is 1. The van der Waals surface area contributed by atoms with Crippen LogP contribution in [0.5, 0.6) is 0 Å². The molecule has 7 nitrogen and oxygen atoms in total. The van der Waals surface area contributed by atoms with Crippen LogP contribution in [0.25, 0.3) is 11.4 Å². The molecule has 144 valence electrons. The second-order valence-corrected chi connectivity index (χ2v) is 7.13. The van der Waals surface area contributed by atoms with Crippen molar-refractivity contribution < 1.29 is 18.8 Å². The molecule has 0 spiro atoms. The van der Waals surface area contributed by atoms with E-state index in [2.05, 4.69) is 31.4 Å². The van der Waals surface area contributed by atoms with Gasteiger partial charge in [0.2, 0.25) is 5.82 Å². The van der Waals surface area contributed by atoms with E-state index in [9.17, 15) is 9.59 Å². The molecule has 0 radical (unpaired) electrons. The van der Waals surface area contributed by atoms with Crippen molar-refractivity contribution in [3.63, 3.8) is 0 Å². The van der Waals surface area contributed by atoms with Crippen molar-refractivity contribution in [1.29, 1.82) is 0 Å². The standard InChI is InChI=1S/C19H15BrClN3O4/c1-11(22-18(25)14-7-2-3-8-15(14)21)19(26)27-10-16-23-17(24-28-16)12-5-4-6-13(20)9-12/h2-9,11H,10H2,1H3,(H,22,25)/t11-/m0/s1. The summed E-state index contributed by atoms with van der Waals surface area (Å²) in [5.41, 5.74) is 1.04. The average molecular weight is 465 g/mol. The van der Waals surface area contributed by atoms with Crippen LogP contribution in [0, 0.1) is 0 Å². The van der Waals surface area contributed by atoms with Gasteiger partial charge in [-0.3, -0.25) is 4.79 Å². The molecule has 2 aromatic carbocycles. The van der Waals surface area contributed by atoms with Crippen molar-refractivity contribution >= 4 is 39.4 Å². The smallest absolute Gasteiger partial charge is 0.328 e. The van der Waals surface area contributed by atoms with Crippen LogP contribution in [0.1, 0.15) is 23.2 Å². The fraction of sp³-hybridized carbons (Fsp3) is 0.158. The maximum Gasteiger partial charge on any atom is 0.328 e. The van der Waals surface area contributed by atoms with Crippen molar-refractivity contribution in [3.8, 4) is 11.4 Å². The van der Waals surface area contributed by atoms with E-state index in [-0.39, 0.29) is 18.1 Å². The molecule has 1 aromatic heterocycles. The summed E-state index contributed by atoms with van der Waals surface area (Å²) < 4.78 is 11.1. The number of amides is 1. The Kier molecular flexibility index (Phi) is 6.43. The van der Waals surface area contributed by atoms with Gasteiger partial charge in [0.25, 0.3) is 11.8 Å². The molecule has 1 N–H and O–H groups in total. The van der Waals surface area contributed by atoms with Crippen LogP contribution in [0.4, 0.5) is 0 Å². The minimum atomic E-state index is -0.878. The molecule has 0 aliphatic heterocycles. The third-order valence-electron chi connectivity index (χ3n) is 3.71. The molecule has 1 heterocycles. The number of rotatable bonds is 6. The van der Waals surface area contributed by atoms with Gasteiger partial charge in [0.1, 0.15) is 6.04 Å². The zero-order valence-electron chi connectivity index (χ0n) is 14.7.